The maximum Gasteiger partial charge on any atom is 0.106 e. The molecule has 1 unspecified atom stereocenters. The Bertz CT molecular complexity index is 430. The van der Waals surface area contributed by atoms with Crippen molar-refractivity contribution in [2.45, 2.75) is 64.1 Å². The topological polar surface area (TPSA) is 34.4 Å². The van der Waals surface area contributed by atoms with Crippen molar-refractivity contribution in [3.63, 3.8) is 0 Å². The molecule has 2 fully saturated rings. The van der Waals surface area contributed by atoms with Gasteiger partial charge in [-0.2, -0.15) is 0 Å². The molecule has 1 aliphatic heterocycles. The van der Waals surface area contributed by atoms with Crippen LogP contribution in [0.15, 0.2) is 10.5 Å². The Morgan fingerprint density at radius 3 is 2.53 bits per heavy atom. The van der Waals surface area contributed by atoms with Gasteiger partial charge >= 0.3 is 0 Å². The molecule has 3 nitrogen and oxygen atoms in total. The zero-order chi connectivity index (χ0) is 13.3. The zero-order valence-corrected chi connectivity index (χ0v) is 12.1. The molecule has 2 heterocycles. The molecule has 2 aliphatic rings. The van der Waals surface area contributed by atoms with Crippen molar-refractivity contribution in [1.29, 1.82) is 0 Å². The molecule has 1 spiro atoms. The summed E-state index contributed by atoms with van der Waals surface area (Å²) in [7, 11) is 0. The molecular weight excluding hydrogens is 238 g/mol. The molecule has 1 N–H and O–H groups in total. The minimum absolute atomic E-state index is 0.0665. The van der Waals surface area contributed by atoms with E-state index in [0.29, 0.717) is 0 Å². The maximum atomic E-state index is 6.55. The summed E-state index contributed by atoms with van der Waals surface area (Å²) in [6, 6.07) is 2.14. The first-order valence-corrected chi connectivity index (χ1v) is 7.64. The number of hydrogen-bond donors (Lipinski definition) is 1. The number of nitrogens with one attached hydrogen (secondary N) is 1. The fourth-order valence-corrected chi connectivity index (χ4v) is 3.63. The second kappa shape index (κ2) is 5.29. The van der Waals surface area contributed by atoms with Gasteiger partial charge in [-0.3, -0.25) is 0 Å². The van der Waals surface area contributed by atoms with Crippen molar-refractivity contribution < 1.29 is 9.15 Å². The van der Waals surface area contributed by atoms with Crippen LogP contribution in [0.3, 0.4) is 0 Å². The van der Waals surface area contributed by atoms with Crippen LogP contribution in [0.25, 0.3) is 0 Å². The fraction of sp³-hybridized carbons (Fsp3) is 0.750. The lowest BCUT2D eigenvalue weighted by atomic mass is 9.91. The quantitative estimate of drug-likeness (QED) is 0.840. The van der Waals surface area contributed by atoms with E-state index in [2.05, 4.69) is 11.4 Å². The van der Waals surface area contributed by atoms with Gasteiger partial charge in [0.05, 0.1) is 11.7 Å². The summed E-state index contributed by atoms with van der Waals surface area (Å²) >= 11 is 0. The highest BCUT2D eigenvalue weighted by molar-refractivity contribution is 5.24. The second-order valence-corrected chi connectivity index (χ2v) is 6.20. The Kier molecular flexibility index (Phi) is 3.68. The summed E-state index contributed by atoms with van der Waals surface area (Å²) in [5.41, 5.74) is 1.30. The highest BCUT2D eigenvalue weighted by Crippen LogP contribution is 2.38. The summed E-state index contributed by atoms with van der Waals surface area (Å²) < 4.78 is 12.2. The van der Waals surface area contributed by atoms with E-state index in [0.717, 1.165) is 24.6 Å². The summed E-state index contributed by atoms with van der Waals surface area (Å²) in [5.74, 6) is 1.99. The monoisotopic (exact) mass is 263 g/mol. The Balaban J connectivity index is 1.79. The summed E-state index contributed by atoms with van der Waals surface area (Å²) in [6.45, 7) is 5.97. The molecule has 1 saturated heterocycles. The predicted molar refractivity (Wildman–Crippen MR) is 75.3 cm³/mol. The number of rotatable bonds is 1. The number of morpholine rings is 1. The van der Waals surface area contributed by atoms with Gasteiger partial charge in [-0.05, 0) is 32.8 Å². The van der Waals surface area contributed by atoms with Crippen LogP contribution in [0, 0.1) is 13.8 Å². The van der Waals surface area contributed by atoms with Gasteiger partial charge in [-0.15, -0.1) is 0 Å². The molecule has 0 amide bonds. The van der Waals surface area contributed by atoms with Crippen LogP contribution in [-0.2, 0) is 4.74 Å². The molecule has 3 heteroatoms. The highest BCUT2D eigenvalue weighted by atomic mass is 16.5. The van der Waals surface area contributed by atoms with E-state index in [4.69, 9.17) is 9.15 Å². The maximum absolute atomic E-state index is 6.55. The number of aryl methyl sites for hydroxylation is 2. The molecule has 0 bridgehead atoms. The Hall–Kier alpha value is -0.800. The molecule has 1 aromatic heterocycles. The van der Waals surface area contributed by atoms with Crippen molar-refractivity contribution in [3.05, 3.63) is 23.2 Å². The van der Waals surface area contributed by atoms with E-state index >= 15 is 0 Å². The van der Waals surface area contributed by atoms with Gasteiger partial charge in [-0.1, -0.05) is 25.7 Å². The zero-order valence-electron chi connectivity index (χ0n) is 12.1. The lowest BCUT2D eigenvalue weighted by Crippen LogP contribution is -2.50. The summed E-state index contributed by atoms with van der Waals surface area (Å²) in [5, 5.41) is 3.59. The molecule has 1 aromatic rings. The summed E-state index contributed by atoms with van der Waals surface area (Å²) in [4.78, 5) is 0. The highest BCUT2D eigenvalue weighted by Gasteiger charge is 2.38. The van der Waals surface area contributed by atoms with Gasteiger partial charge in [-0.25, -0.2) is 0 Å². The smallest absolute Gasteiger partial charge is 0.106 e. The van der Waals surface area contributed by atoms with Crippen LogP contribution < -0.4 is 5.32 Å². The predicted octanol–water partition coefficient (Wildman–Crippen LogP) is 3.65. The average Bonchev–Trinajstić information content (AvgIpc) is 2.60. The van der Waals surface area contributed by atoms with E-state index in [-0.39, 0.29) is 11.7 Å². The van der Waals surface area contributed by atoms with Gasteiger partial charge < -0.3 is 14.5 Å². The third-order valence-electron chi connectivity index (χ3n) is 4.61. The van der Waals surface area contributed by atoms with E-state index in [9.17, 15) is 0 Å². The van der Waals surface area contributed by atoms with Gasteiger partial charge in [0.15, 0.2) is 0 Å². The number of hydrogen-bond acceptors (Lipinski definition) is 3. The third-order valence-corrected chi connectivity index (χ3v) is 4.61. The van der Waals surface area contributed by atoms with E-state index in [1.165, 1.54) is 44.1 Å². The van der Waals surface area contributed by atoms with Crippen LogP contribution >= 0.6 is 0 Å². The lowest BCUT2D eigenvalue weighted by Gasteiger charge is -2.41. The average molecular weight is 263 g/mol. The molecule has 0 radical (unpaired) electrons. The van der Waals surface area contributed by atoms with Crippen LogP contribution in [0.5, 0.6) is 0 Å². The second-order valence-electron chi connectivity index (χ2n) is 6.20. The van der Waals surface area contributed by atoms with E-state index < -0.39 is 0 Å². The Labute approximate surface area is 115 Å². The van der Waals surface area contributed by atoms with Crippen LogP contribution in [-0.4, -0.2) is 18.7 Å². The number of ether oxygens (including phenoxy) is 1. The van der Waals surface area contributed by atoms with E-state index in [1.54, 1.807) is 0 Å². The first kappa shape index (κ1) is 13.2. The van der Waals surface area contributed by atoms with Gasteiger partial charge in [0.1, 0.15) is 11.5 Å². The SMILES string of the molecule is Cc1cc(C2CNCC3(CCCCCC3)O2)c(C)o1. The minimum atomic E-state index is 0.0665. The molecule has 106 valence electrons. The molecule has 1 saturated carbocycles. The van der Waals surface area contributed by atoms with Crippen molar-refractivity contribution in [1.82, 2.24) is 5.32 Å². The van der Waals surface area contributed by atoms with Crippen molar-refractivity contribution in [2.75, 3.05) is 13.1 Å². The van der Waals surface area contributed by atoms with Crippen LogP contribution in [0.4, 0.5) is 0 Å². The molecular formula is C16H25NO2. The first-order chi connectivity index (χ1) is 9.19. The Morgan fingerprint density at radius 1 is 1.16 bits per heavy atom. The molecule has 0 aromatic carbocycles. The third kappa shape index (κ3) is 2.72. The van der Waals surface area contributed by atoms with Crippen molar-refractivity contribution in [2.24, 2.45) is 0 Å². The molecule has 1 atom stereocenters. The van der Waals surface area contributed by atoms with Gasteiger partial charge in [0.25, 0.3) is 0 Å². The summed E-state index contributed by atoms with van der Waals surface area (Å²) in [6.07, 6.45) is 7.89. The van der Waals surface area contributed by atoms with E-state index in [1.807, 2.05) is 13.8 Å². The van der Waals surface area contributed by atoms with Crippen LogP contribution in [0.2, 0.25) is 0 Å². The van der Waals surface area contributed by atoms with Gasteiger partial charge in [0, 0.05) is 18.7 Å². The molecule has 3 rings (SSSR count). The molecule has 19 heavy (non-hydrogen) atoms. The Morgan fingerprint density at radius 2 is 1.89 bits per heavy atom. The minimum Gasteiger partial charge on any atom is -0.466 e. The largest absolute Gasteiger partial charge is 0.466 e. The number of furan rings is 1. The standard InChI is InChI=1S/C16H25NO2/c1-12-9-14(13(2)18-12)15-10-17-11-16(19-15)7-5-3-4-6-8-16/h9,15,17H,3-8,10-11H2,1-2H3. The fourth-order valence-electron chi connectivity index (χ4n) is 3.63. The van der Waals surface area contributed by atoms with Crippen molar-refractivity contribution >= 4 is 0 Å². The normalized spacial score (nSPS) is 27.4. The van der Waals surface area contributed by atoms with Gasteiger partial charge in [0.2, 0.25) is 0 Å². The first-order valence-electron chi connectivity index (χ1n) is 7.64. The van der Waals surface area contributed by atoms with Crippen molar-refractivity contribution in [3.8, 4) is 0 Å². The lowest BCUT2D eigenvalue weighted by molar-refractivity contribution is -0.126. The molecule has 1 aliphatic carbocycles. The van der Waals surface area contributed by atoms with Crippen LogP contribution in [0.1, 0.15) is 61.7 Å².